The van der Waals surface area contributed by atoms with E-state index in [0.717, 1.165) is 35.5 Å². The van der Waals surface area contributed by atoms with Crippen LogP contribution in [0.1, 0.15) is 56.1 Å². The van der Waals surface area contributed by atoms with Gasteiger partial charge in [-0.2, -0.15) is 0 Å². The summed E-state index contributed by atoms with van der Waals surface area (Å²) in [5, 5.41) is 3.10. The van der Waals surface area contributed by atoms with Gasteiger partial charge in [-0.1, -0.05) is 12.1 Å². The zero-order valence-corrected chi connectivity index (χ0v) is 15.6. The molecule has 0 radical (unpaired) electrons. The molecule has 3 heteroatoms. The third-order valence-corrected chi connectivity index (χ3v) is 6.73. The molecule has 4 bridgehead atoms. The number of carbonyl (C=O) groups excluding carboxylic acids is 1. The highest BCUT2D eigenvalue weighted by Gasteiger charge is 2.51. The number of carbonyl (C=O) groups is 1. The number of aryl methyl sites for hydroxylation is 2. The number of hydrogen-bond acceptors (Lipinski definition) is 2. The number of ether oxygens (including phenoxy) is 1. The first-order valence-corrected chi connectivity index (χ1v) is 9.98. The van der Waals surface area contributed by atoms with Gasteiger partial charge in [0.15, 0.2) is 0 Å². The Bertz CT molecular complexity index is 616. The summed E-state index contributed by atoms with van der Waals surface area (Å²) in [5.74, 6) is 3.88. The Morgan fingerprint density at radius 3 is 2.40 bits per heavy atom. The van der Waals surface area contributed by atoms with Crippen LogP contribution in [0.25, 0.3) is 0 Å². The van der Waals surface area contributed by atoms with E-state index in [1.54, 1.807) is 0 Å². The topological polar surface area (TPSA) is 38.3 Å². The van der Waals surface area contributed by atoms with Crippen LogP contribution in [-0.4, -0.2) is 19.1 Å². The van der Waals surface area contributed by atoms with Crippen LogP contribution >= 0.6 is 0 Å². The molecule has 5 rings (SSSR count). The first kappa shape index (κ1) is 16.9. The van der Waals surface area contributed by atoms with Crippen LogP contribution in [0.15, 0.2) is 18.2 Å². The molecule has 25 heavy (non-hydrogen) atoms. The molecule has 4 aliphatic rings. The van der Waals surface area contributed by atoms with Crippen LogP contribution in [0, 0.1) is 37.0 Å². The molecule has 4 aliphatic carbocycles. The Kier molecular flexibility index (Phi) is 4.51. The summed E-state index contributed by atoms with van der Waals surface area (Å²) in [7, 11) is 0. The van der Waals surface area contributed by atoms with Gasteiger partial charge >= 0.3 is 0 Å². The van der Waals surface area contributed by atoms with Gasteiger partial charge in [0.2, 0.25) is 5.91 Å². The van der Waals surface area contributed by atoms with Crippen LogP contribution in [0.2, 0.25) is 0 Å². The van der Waals surface area contributed by atoms with Crippen molar-refractivity contribution in [3.05, 3.63) is 29.3 Å². The van der Waals surface area contributed by atoms with Crippen LogP contribution in [0.3, 0.4) is 0 Å². The summed E-state index contributed by atoms with van der Waals surface area (Å²) in [4.78, 5) is 12.5. The molecule has 0 saturated heterocycles. The Hall–Kier alpha value is -1.51. The Morgan fingerprint density at radius 1 is 1.12 bits per heavy atom. The third kappa shape index (κ3) is 3.70. The van der Waals surface area contributed by atoms with Gasteiger partial charge in [0.25, 0.3) is 0 Å². The van der Waals surface area contributed by atoms with Gasteiger partial charge < -0.3 is 10.1 Å². The molecule has 0 aromatic heterocycles. The minimum atomic E-state index is 0.228. The van der Waals surface area contributed by atoms with Crippen molar-refractivity contribution in [3.63, 3.8) is 0 Å². The second-order valence-electron chi connectivity index (χ2n) is 9.06. The highest BCUT2D eigenvalue weighted by molar-refractivity contribution is 5.76. The molecule has 136 valence electrons. The molecule has 1 aromatic rings. The lowest BCUT2D eigenvalue weighted by Crippen LogP contribution is -2.48. The maximum absolute atomic E-state index is 12.5. The normalized spacial score (nSPS) is 32.6. The molecular formula is C22H31NO2. The second kappa shape index (κ2) is 6.66. The SMILES string of the molecule is Cc1ccc(C)c(OCCNC(=O)CC23CC4CC(CC(C4)C2)C3)c1. The number of rotatable bonds is 6. The summed E-state index contributed by atoms with van der Waals surface area (Å²) in [6.07, 6.45) is 8.93. The number of amides is 1. The van der Waals surface area contributed by atoms with E-state index in [-0.39, 0.29) is 5.91 Å². The molecule has 1 N–H and O–H groups in total. The van der Waals surface area contributed by atoms with Crippen LogP contribution in [0.4, 0.5) is 0 Å². The first-order chi connectivity index (χ1) is 12.0. The van der Waals surface area contributed by atoms with Crippen molar-refractivity contribution in [2.24, 2.45) is 23.2 Å². The second-order valence-corrected chi connectivity index (χ2v) is 9.06. The van der Waals surface area contributed by atoms with E-state index in [4.69, 9.17) is 4.74 Å². The summed E-state index contributed by atoms with van der Waals surface area (Å²) < 4.78 is 5.85. The Labute approximate surface area is 151 Å². The van der Waals surface area contributed by atoms with Crippen molar-refractivity contribution in [2.75, 3.05) is 13.2 Å². The number of hydrogen-bond donors (Lipinski definition) is 1. The van der Waals surface area contributed by atoms with Crippen molar-refractivity contribution in [1.29, 1.82) is 0 Å². The summed E-state index contributed by atoms with van der Waals surface area (Å²) in [5.41, 5.74) is 2.67. The van der Waals surface area contributed by atoms with E-state index in [1.165, 1.54) is 44.1 Å². The molecule has 4 saturated carbocycles. The first-order valence-electron chi connectivity index (χ1n) is 9.98. The van der Waals surface area contributed by atoms with E-state index in [0.29, 0.717) is 18.6 Å². The van der Waals surface area contributed by atoms with Gasteiger partial charge in [-0.25, -0.2) is 0 Å². The van der Waals surface area contributed by atoms with Crippen molar-refractivity contribution in [2.45, 2.75) is 58.8 Å². The van der Waals surface area contributed by atoms with Crippen LogP contribution in [-0.2, 0) is 4.79 Å². The largest absolute Gasteiger partial charge is 0.491 e. The van der Waals surface area contributed by atoms with Gasteiger partial charge in [0.05, 0.1) is 6.54 Å². The van der Waals surface area contributed by atoms with Gasteiger partial charge in [-0.15, -0.1) is 0 Å². The van der Waals surface area contributed by atoms with E-state index >= 15 is 0 Å². The predicted octanol–water partition coefficient (Wildman–Crippen LogP) is 4.40. The minimum absolute atomic E-state index is 0.228. The van der Waals surface area contributed by atoms with E-state index < -0.39 is 0 Å². The third-order valence-electron chi connectivity index (χ3n) is 6.73. The zero-order valence-electron chi connectivity index (χ0n) is 15.6. The van der Waals surface area contributed by atoms with E-state index in [1.807, 2.05) is 0 Å². The Balaban J connectivity index is 1.24. The fourth-order valence-electron chi connectivity index (χ4n) is 6.12. The van der Waals surface area contributed by atoms with E-state index in [2.05, 4.69) is 37.4 Å². The zero-order chi connectivity index (χ0) is 17.4. The lowest BCUT2D eigenvalue weighted by Gasteiger charge is -2.56. The molecule has 0 atom stereocenters. The van der Waals surface area contributed by atoms with Crippen molar-refractivity contribution < 1.29 is 9.53 Å². The molecule has 1 amide bonds. The predicted molar refractivity (Wildman–Crippen MR) is 99.6 cm³/mol. The van der Waals surface area contributed by atoms with Gasteiger partial charge in [-0.3, -0.25) is 4.79 Å². The molecule has 0 heterocycles. The monoisotopic (exact) mass is 341 g/mol. The molecule has 0 unspecified atom stereocenters. The fourth-order valence-corrected chi connectivity index (χ4v) is 6.12. The lowest BCUT2D eigenvalue weighted by molar-refractivity contribution is -0.129. The molecule has 3 nitrogen and oxygen atoms in total. The molecular weight excluding hydrogens is 310 g/mol. The van der Waals surface area contributed by atoms with Crippen LogP contribution in [0.5, 0.6) is 5.75 Å². The summed E-state index contributed by atoms with van der Waals surface area (Å²) in [6, 6.07) is 6.23. The Morgan fingerprint density at radius 2 is 1.76 bits per heavy atom. The van der Waals surface area contributed by atoms with Crippen molar-refractivity contribution in [3.8, 4) is 5.75 Å². The summed E-state index contributed by atoms with van der Waals surface area (Å²) >= 11 is 0. The molecule has 4 fully saturated rings. The van der Waals surface area contributed by atoms with E-state index in [9.17, 15) is 4.79 Å². The molecule has 1 aromatic carbocycles. The lowest BCUT2D eigenvalue weighted by atomic mass is 9.49. The smallest absolute Gasteiger partial charge is 0.220 e. The standard InChI is InChI=1S/C22H31NO2/c1-15-3-4-16(2)20(7-15)25-6-5-23-21(24)14-22-11-17-8-18(12-22)10-19(9-17)13-22/h3-4,7,17-19H,5-6,8-14H2,1-2H3,(H,23,24). The number of benzene rings is 1. The maximum Gasteiger partial charge on any atom is 0.220 e. The fraction of sp³-hybridized carbons (Fsp3) is 0.682. The van der Waals surface area contributed by atoms with Gasteiger partial charge in [0, 0.05) is 6.42 Å². The highest BCUT2D eigenvalue weighted by Crippen LogP contribution is 2.61. The minimum Gasteiger partial charge on any atom is -0.491 e. The van der Waals surface area contributed by atoms with Crippen LogP contribution < -0.4 is 10.1 Å². The molecule has 0 spiro atoms. The average molecular weight is 341 g/mol. The maximum atomic E-state index is 12.5. The quantitative estimate of drug-likeness (QED) is 0.779. The van der Waals surface area contributed by atoms with Crippen molar-refractivity contribution >= 4 is 5.91 Å². The van der Waals surface area contributed by atoms with Gasteiger partial charge in [-0.05, 0) is 92.7 Å². The number of nitrogens with one attached hydrogen (secondary N) is 1. The average Bonchev–Trinajstić information content (AvgIpc) is 2.53. The summed E-state index contributed by atoms with van der Waals surface area (Å²) in [6.45, 7) is 5.26. The van der Waals surface area contributed by atoms with Gasteiger partial charge in [0.1, 0.15) is 12.4 Å². The highest BCUT2D eigenvalue weighted by atomic mass is 16.5. The molecule has 0 aliphatic heterocycles. The van der Waals surface area contributed by atoms with Crippen molar-refractivity contribution in [1.82, 2.24) is 5.32 Å².